The minimum Gasteiger partial charge on any atom is -0.357 e. The first kappa shape index (κ1) is 12.4. The first-order valence-corrected chi connectivity index (χ1v) is 6.11. The van der Waals surface area contributed by atoms with Gasteiger partial charge in [0.1, 0.15) is 23.6 Å². The van der Waals surface area contributed by atoms with E-state index in [0.717, 1.165) is 25.8 Å². The van der Waals surface area contributed by atoms with Gasteiger partial charge >= 0.3 is 0 Å². The summed E-state index contributed by atoms with van der Waals surface area (Å²) >= 11 is 0. The average Bonchev–Trinajstić information content (AvgIpc) is 2.46. The molecule has 0 bridgehead atoms. The van der Waals surface area contributed by atoms with E-state index in [-0.39, 0.29) is 11.9 Å². The first-order chi connectivity index (χ1) is 8.76. The highest BCUT2D eigenvalue weighted by Crippen LogP contribution is 2.23. The average molecular weight is 244 g/mol. The minimum absolute atomic E-state index is 0.0128. The van der Waals surface area contributed by atoms with Gasteiger partial charge in [-0.05, 0) is 31.4 Å². The van der Waals surface area contributed by atoms with Gasteiger partial charge in [-0.15, -0.1) is 0 Å². The summed E-state index contributed by atoms with van der Waals surface area (Å²) in [7, 11) is 1.65. The zero-order chi connectivity index (χ0) is 13.0. The van der Waals surface area contributed by atoms with E-state index in [1.54, 1.807) is 19.2 Å². The van der Waals surface area contributed by atoms with Crippen LogP contribution < -0.4 is 10.2 Å². The predicted octanol–water partition coefficient (Wildman–Crippen LogP) is 1.06. The van der Waals surface area contributed by atoms with Crippen molar-refractivity contribution in [3.63, 3.8) is 0 Å². The zero-order valence-electron chi connectivity index (χ0n) is 10.4. The number of carbonyl (C=O) groups excluding carboxylic acids is 1. The summed E-state index contributed by atoms with van der Waals surface area (Å²) in [5, 5.41) is 11.6. The van der Waals surface area contributed by atoms with Crippen LogP contribution in [0.15, 0.2) is 18.2 Å². The maximum Gasteiger partial charge on any atom is 0.242 e. The third kappa shape index (κ3) is 2.43. The lowest BCUT2D eigenvalue weighted by molar-refractivity contribution is -0.122. The molecule has 0 aromatic carbocycles. The molecule has 1 aromatic rings. The Morgan fingerprint density at radius 2 is 2.39 bits per heavy atom. The Labute approximate surface area is 106 Å². The molecule has 0 aliphatic carbocycles. The van der Waals surface area contributed by atoms with Crippen LogP contribution in [0.25, 0.3) is 0 Å². The number of rotatable bonds is 2. The van der Waals surface area contributed by atoms with Gasteiger partial charge in [-0.1, -0.05) is 6.07 Å². The van der Waals surface area contributed by atoms with Gasteiger partial charge < -0.3 is 10.2 Å². The van der Waals surface area contributed by atoms with Gasteiger partial charge in [0.25, 0.3) is 0 Å². The molecule has 94 valence electrons. The number of amides is 1. The number of nitrogens with zero attached hydrogens (tertiary/aromatic N) is 3. The molecule has 1 aliphatic heterocycles. The fourth-order valence-corrected chi connectivity index (χ4v) is 2.29. The lowest BCUT2D eigenvalue weighted by Crippen LogP contribution is -2.49. The molecule has 0 spiro atoms. The molecule has 1 atom stereocenters. The number of likely N-dealkylation sites (N-methyl/N-ethyl adjacent to an activating group) is 1. The van der Waals surface area contributed by atoms with Gasteiger partial charge in [-0.2, -0.15) is 5.26 Å². The molecule has 0 radical (unpaired) electrons. The standard InChI is InChI=1S/C13H16N4O/c1-15-13(18)11-6-2-3-8-17(11)12-7-4-5-10(9-14)16-12/h4-5,7,11H,2-3,6,8H2,1H3,(H,15,18). The van der Waals surface area contributed by atoms with E-state index in [1.165, 1.54) is 0 Å². The molecule has 1 aliphatic rings. The largest absolute Gasteiger partial charge is 0.357 e. The second-order valence-electron chi connectivity index (χ2n) is 4.31. The monoisotopic (exact) mass is 244 g/mol. The van der Waals surface area contributed by atoms with Crippen molar-refractivity contribution in [1.82, 2.24) is 10.3 Å². The van der Waals surface area contributed by atoms with Crippen LogP contribution in [0.5, 0.6) is 0 Å². The molecule has 1 fully saturated rings. The van der Waals surface area contributed by atoms with E-state index in [9.17, 15) is 4.79 Å². The molecule has 1 aromatic heterocycles. The number of aromatic nitrogens is 1. The summed E-state index contributed by atoms with van der Waals surface area (Å²) in [4.78, 5) is 18.1. The highest BCUT2D eigenvalue weighted by molar-refractivity contribution is 5.84. The summed E-state index contributed by atoms with van der Waals surface area (Å²) in [6, 6.07) is 7.17. The molecule has 1 N–H and O–H groups in total. The number of hydrogen-bond donors (Lipinski definition) is 1. The predicted molar refractivity (Wildman–Crippen MR) is 68.0 cm³/mol. The second kappa shape index (κ2) is 5.50. The Hall–Kier alpha value is -2.09. The lowest BCUT2D eigenvalue weighted by Gasteiger charge is -2.35. The maximum absolute atomic E-state index is 11.9. The Kier molecular flexibility index (Phi) is 3.78. The van der Waals surface area contributed by atoms with Crippen molar-refractivity contribution < 1.29 is 4.79 Å². The van der Waals surface area contributed by atoms with Crippen LogP contribution in [0.3, 0.4) is 0 Å². The first-order valence-electron chi connectivity index (χ1n) is 6.11. The van der Waals surface area contributed by atoms with E-state index in [2.05, 4.69) is 10.3 Å². The van der Waals surface area contributed by atoms with Crippen molar-refractivity contribution in [2.45, 2.75) is 25.3 Å². The third-order valence-electron chi connectivity index (χ3n) is 3.20. The van der Waals surface area contributed by atoms with Crippen LogP contribution in [0.1, 0.15) is 25.0 Å². The van der Waals surface area contributed by atoms with Crippen molar-refractivity contribution >= 4 is 11.7 Å². The normalized spacial score (nSPS) is 19.1. The molecule has 5 nitrogen and oxygen atoms in total. The number of pyridine rings is 1. The van der Waals surface area contributed by atoms with Crippen LogP contribution in [0, 0.1) is 11.3 Å². The molecule has 5 heteroatoms. The summed E-state index contributed by atoms with van der Waals surface area (Å²) in [5.74, 6) is 0.723. The molecular formula is C13H16N4O. The number of anilines is 1. The van der Waals surface area contributed by atoms with E-state index in [0.29, 0.717) is 11.5 Å². The fraction of sp³-hybridized carbons (Fsp3) is 0.462. The van der Waals surface area contributed by atoms with Gasteiger partial charge in [-0.25, -0.2) is 4.98 Å². The van der Waals surface area contributed by atoms with Crippen molar-refractivity contribution in [2.24, 2.45) is 0 Å². The highest BCUT2D eigenvalue weighted by Gasteiger charge is 2.28. The second-order valence-corrected chi connectivity index (χ2v) is 4.31. The summed E-state index contributed by atoms with van der Waals surface area (Å²) in [6.07, 6.45) is 2.93. The molecule has 1 amide bonds. The molecule has 1 saturated heterocycles. The summed E-state index contributed by atoms with van der Waals surface area (Å²) < 4.78 is 0. The van der Waals surface area contributed by atoms with Crippen molar-refractivity contribution in [3.05, 3.63) is 23.9 Å². The number of piperidine rings is 1. The molecular weight excluding hydrogens is 228 g/mol. The molecule has 2 heterocycles. The van der Waals surface area contributed by atoms with Crippen molar-refractivity contribution in [1.29, 1.82) is 5.26 Å². The van der Waals surface area contributed by atoms with E-state index >= 15 is 0 Å². The summed E-state index contributed by atoms with van der Waals surface area (Å²) in [6.45, 7) is 0.806. The quantitative estimate of drug-likeness (QED) is 0.844. The van der Waals surface area contributed by atoms with Crippen molar-refractivity contribution in [3.8, 4) is 6.07 Å². The van der Waals surface area contributed by atoms with Gasteiger partial charge in [0.05, 0.1) is 0 Å². The lowest BCUT2D eigenvalue weighted by atomic mass is 10.0. The maximum atomic E-state index is 11.9. The summed E-state index contributed by atoms with van der Waals surface area (Å²) in [5.41, 5.74) is 0.383. The zero-order valence-corrected chi connectivity index (χ0v) is 10.4. The van der Waals surface area contributed by atoms with Crippen LogP contribution >= 0.6 is 0 Å². The fourth-order valence-electron chi connectivity index (χ4n) is 2.29. The number of hydrogen-bond acceptors (Lipinski definition) is 4. The van der Waals surface area contributed by atoms with E-state index in [4.69, 9.17) is 5.26 Å². The molecule has 1 unspecified atom stereocenters. The van der Waals surface area contributed by atoms with Gasteiger partial charge in [0, 0.05) is 13.6 Å². The highest BCUT2D eigenvalue weighted by atomic mass is 16.2. The van der Waals surface area contributed by atoms with Gasteiger partial charge in [0.2, 0.25) is 5.91 Å². The molecule has 2 rings (SSSR count). The Balaban J connectivity index is 2.28. The molecule has 0 saturated carbocycles. The van der Waals surface area contributed by atoms with E-state index < -0.39 is 0 Å². The SMILES string of the molecule is CNC(=O)C1CCCCN1c1cccc(C#N)n1. The van der Waals surface area contributed by atoms with E-state index in [1.807, 2.05) is 17.0 Å². The number of carbonyl (C=O) groups is 1. The Morgan fingerprint density at radius 3 is 3.11 bits per heavy atom. The van der Waals surface area contributed by atoms with Crippen LogP contribution in [0.2, 0.25) is 0 Å². The Morgan fingerprint density at radius 1 is 1.56 bits per heavy atom. The number of nitriles is 1. The third-order valence-corrected chi connectivity index (χ3v) is 3.20. The topological polar surface area (TPSA) is 69.0 Å². The number of nitrogens with one attached hydrogen (secondary N) is 1. The smallest absolute Gasteiger partial charge is 0.242 e. The van der Waals surface area contributed by atoms with Gasteiger partial charge in [-0.3, -0.25) is 4.79 Å². The van der Waals surface area contributed by atoms with Crippen LogP contribution in [-0.4, -0.2) is 30.5 Å². The van der Waals surface area contributed by atoms with Crippen LogP contribution in [0.4, 0.5) is 5.82 Å². The van der Waals surface area contributed by atoms with Crippen LogP contribution in [-0.2, 0) is 4.79 Å². The Bertz CT molecular complexity index is 480. The minimum atomic E-state index is -0.176. The van der Waals surface area contributed by atoms with Crippen molar-refractivity contribution in [2.75, 3.05) is 18.5 Å². The molecule has 18 heavy (non-hydrogen) atoms. The van der Waals surface area contributed by atoms with Gasteiger partial charge in [0.15, 0.2) is 0 Å².